The fourth-order valence-corrected chi connectivity index (χ4v) is 3.47. The molecule has 2 aromatic carbocycles. The van der Waals surface area contributed by atoms with Crippen molar-refractivity contribution < 1.29 is 18.7 Å². The molecule has 0 aliphatic heterocycles. The Hall–Kier alpha value is -4.34. The van der Waals surface area contributed by atoms with Gasteiger partial charge >= 0.3 is 0 Å². The number of ether oxygens (including phenoxy) is 1. The van der Waals surface area contributed by atoms with Gasteiger partial charge in [0.15, 0.2) is 5.65 Å². The number of fused-ring (bicyclic) bond motifs is 1. The fraction of sp³-hybridized carbons (Fsp3) is 0.136. The number of halogens is 1. The van der Waals surface area contributed by atoms with E-state index in [0.717, 1.165) is 0 Å². The quantitative estimate of drug-likeness (QED) is 0.451. The van der Waals surface area contributed by atoms with Crippen molar-refractivity contribution in [3.63, 3.8) is 0 Å². The predicted octanol–water partition coefficient (Wildman–Crippen LogP) is 3.21. The maximum atomic E-state index is 13.5. The summed E-state index contributed by atoms with van der Waals surface area (Å²) in [5, 5.41) is 0. The lowest BCUT2D eigenvalue weighted by Crippen LogP contribution is -2.41. The molecule has 0 unspecified atom stereocenters. The maximum absolute atomic E-state index is 13.5. The zero-order valence-electron chi connectivity index (χ0n) is 16.7. The monoisotopic (exact) mass is 432 g/mol. The first-order valence-electron chi connectivity index (χ1n) is 9.80. The second kappa shape index (κ2) is 7.41. The molecule has 32 heavy (non-hydrogen) atoms. The number of rotatable bonds is 6. The average molecular weight is 432 g/mol. The number of imidazole rings is 1. The van der Waals surface area contributed by atoms with Gasteiger partial charge in [0, 0.05) is 11.4 Å². The lowest BCUT2D eigenvalue weighted by atomic mass is 10.0. The van der Waals surface area contributed by atoms with Gasteiger partial charge in [-0.25, -0.2) is 14.4 Å². The van der Waals surface area contributed by atoms with Crippen molar-refractivity contribution in [2.24, 2.45) is 11.1 Å². The molecule has 0 saturated heterocycles. The molecule has 0 radical (unpaired) electrons. The number of primary amides is 1. The van der Waals surface area contributed by atoms with Crippen LogP contribution in [0.5, 0.6) is 11.6 Å². The van der Waals surface area contributed by atoms with Crippen LogP contribution in [-0.4, -0.2) is 31.8 Å². The van der Waals surface area contributed by atoms with Crippen molar-refractivity contribution in [1.29, 1.82) is 0 Å². The minimum Gasteiger partial charge on any atom is -0.437 e. The maximum Gasteiger partial charge on any atom is 0.248 e. The molecule has 2 amide bonds. The van der Waals surface area contributed by atoms with E-state index >= 15 is 0 Å². The van der Waals surface area contributed by atoms with Crippen LogP contribution in [0.3, 0.4) is 0 Å². The summed E-state index contributed by atoms with van der Waals surface area (Å²) in [5.74, 6) is -0.777. The molecule has 1 fully saturated rings. The SMILES string of the molecule is NC(=O)C1(C(=O)N(c2ccc(F)cc2)c2ccc(Oc3ncnc4nc[nH]c34)cc2)CC1. The number of nitrogens with two attached hydrogens (primary N) is 1. The third-order valence-electron chi connectivity index (χ3n) is 5.42. The molecule has 0 bridgehead atoms. The lowest BCUT2D eigenvalue weighted by Gasteiger charge is -2.26. The molecule has 1 aliphatic carbocycles. The topological polar surface area (TPSA) is 127 Å². The van der Waals surface area contributed by atoms with Crippen LogP contribution in [0, 0.1) is 11.2 Å². The highest BCUT2D eigenvalue weighted by Crippen LogP contribution is 2.49. The Bertz CT molecular complexity index is 1320. The lowest BCUT2D eigenvalue weighted by molar-refractivity contribution is -0.133. The van der Waals surface area contributed by atoms with Crippen molar-refractivity contribution in [3.8, 4) is 11.6 Å². The summed E-state index contributed by atoms with van der Waals surface area (Å²) in [5.41, 5.74) is 6.20. The molecular weight excluding hydrogens is 415 g/mol. The standard InChI is InChI=1S/C22H17FN6O3/c23-13-1-3-14(4-2-13)29(21(31)22(9-10-22)20(24)30)15-5-7-16(8-6-15)32-19-17-18(26-11-25-17)27-12-28-19/h1-8,11-12H,9-10H2,(H2,24,30)(H,25,26,27,28). The number of anilines is 2. The average Bonchev–Trinajstić information content (AvgIpc) is 3.47. The minimum atomic E-state index is -1.24. The highest BCUT2D eigenvalue weighted by Gasteiger charge is 2.57. The van der Waals surface area contributed by atoms with Crippen LogP contribution in [-0.2, 0) is 9.59 Å². The predicted molar refractivity (Wildman–Crippen MR) is 113 cm³/mol. The van der Waals surface area contributed by atoms with Crippen LogP contribution in [0.25, 0.3) is 11.2 Å². The van der Waals surface area contributed by atoms with Gasteiger partial charge in [-0.3, -0.25) is 14.5 Å². The van der Waals surface area contributed by atoms with Crippen LogP contribution in [0.2, 0.25) is 0 Å². The number of nitrogens with zero attached hydrogens (tertiary/aromatic N) is 4. The summed E-state index contributed by atoms with van der Waals surface area (Å²) in [6, 6.07) is 12.1. The molecule has 1 aliphatic rings. The zero-order valence-corrected chi connectivity index (χ0v) is 16.7. The Morgan fingerprint density at radius 3 is 2.28 bits per heavy atom. The molecular formula is C22H17FN6O3. The van der Waals surface area contributed by atoms with Gasteiger partial charge < -0.3 is 15.5 Å². The van der Waals surface area contributed by atoms with E-state index in [-0.39, 0.29) is 0 Å². The summed E-state index contributed by atoms with van der Waals surface area (Å²) < 4.78 is 19.3. The van der Waals surface area contributed by atoms with Crippen LogP contribution < -0.4 is 15.4 Å². The molecule has 2 aromatic heterocycles. The zero-order chi connectivity index (χ0) is 22.3. The number of H-pyrrole nitrogens is 1. The van der Waals surface area contributed by atoms with Gasteiger partial charge in [0.05, 0.1) is 6.33 Å². The molecule has 2 heterocycles. The smallest absolute Gasteiger partial charge is 0.248 e. The van der Waals surface area contributed by atoms with Gasteiger partial charge in [-0.05, 0) is 61.4 Å². The number of carbonyl (C=O) groups excluding carboxylic acids is 2. The van der Waals surface area contributed by atoms with E-state index in [4.69, 9.17) is 10.5 Å². The summed E-state index contributed by atoms with van der Waals surface area (Å²) in [4.78, 5) is 41.8. The van der Waals surface area contributed by atoms with Crippen molar-refractivity contribution in [3.05, 3.63) is 67.0 Å². The van der Waals surface area contributed by atoms with Crippen LogP contribution >= 0.6 is 0 Å². The number of hydrogen-bond donors (Lipinski definition) is 2. The summed E-state index contributed by atoms with van der Waals surface area (Å²) >= 11 is 0. The first kappa shape index (κ1) is 19.6. The van der Waals surface area contributed by atoms with E-state index in [0.29, 0.717) is 47.0 Å². The third kappa shape index (κ3) is 3.31. The number of nitrogens with one attached hydrogen (secondary N) is 1. The Kier molecular flexibility index (Phi) is 4.54. The Morgan fingerprint density at radius 2 is 1.66 bits per heavy atom. The van der Waals surface area contributed by atoms with Crippen LogP contribution in [0.4, 0.5) is 15.8 Å². The van der Waals surface area contributed by atoms with E-state index < -0.39 is 23.0 Å². The van der Waals surface area contributed by atoms with Gasteiger partial charge in [-0.15, -0.1) is 0 Å². The number of aromatic amines is 1. The van der Waals surface area contributed by atoms with E-state index in [1.54, 1.807) is 24.3 Å². The summed E-state index contributed by atoms with van der Waals surface area (Å²) in [6.45, 7) is 0. The van der Waals surface area contributed by atoms with Crippen molar-refractivity contribution in [1.82, 2.24) is 19.9 Å². The van der Waals surface area contributed by atoms with Gasteiger partial charge in [0.25, 0.3) is 0 Å². The second-order valence-electron chi connectivity index (χ2n) is 7.44. The minimum absolute atomic E-state index is 0.303. The summed E-state index contributed by atoms with van der Waals surface area (Å²) in [7, 11) is 0. The molecule has 3 N–H and O–H groups in total. The molecule has 9 nitrogen and oxygen atoms in total. The number of carbonyl (C=O) groups is 2. The largest absolute Gasteiger partial charge is 0.437 e. The van der Waals surface area contributed by atoms with E-state index in [2.05, 4.69) is 19.9 Å². The van der Waals surface area contributed by atoms with E-state index in [1.807, 2.05) is 0 Å². The highest BCUT2D eigenvalue weighted by molar-refractivity contribution is 6.16. The Morgan fingerprint density at radius 1 is 1.00 bits per heavy atom. The highest BCUT2D eigenvalue weighted by atomic mass is 19.1. The molecule has 0 spiro atoms. The first-order chi connectivity index (χ1) is 15.5. The van der Waals surface area contributed by atoms with Crippen LogP contribution in [0.15, 0.2) is 61.2 Å². The third-order valence-corrected chi connectivity index (χ3v) is 5.42. The molecule has 4 aromatic rings. The van der Waals surface area contributed by atoms with Crippen molar-refractivity contribution in [2.75, 3.05) is 4.90 Å². The normalized spacial score (nSPS) is 14.2. The Labute approximate surface area is 181 Å². The number of amides is 2. The van der Waals surface area contributed by atoms with E-state index in [9.17, 15) is 14.0 Å². The van der Waals surface area contributed by atoms with Gasteiger partial charge in [-0.1, -0.05) is 0 Å². The molecule has 160 valence electrons. The molecule has 5 rings (SSSR count). The van der Waals surface area contributed by atoms with Gasteiger partial charge in [0.1, 0.15) is 28.8 Å². The number of benzene rings is 2. The molecule has 10 heteroatoms. The van der Waals surface area contributed by atoms with Gasteiger partial charge in [-0.2, -0.15) is 4.98 Å². The second-order valence-corrected chi connectivity index (χ2v) is 7.44. The molecule has 1 saturated carbocycles. The molecule has 0 atom stereocenters. The number of hydrogen-bond acceptors (Lipinski definition) is 6. The number of aromatic nitrogens is 4. The van der Waals surface area contributed by atoms with Crippen molar-refractivity contribution in [2.45, 2.75) is 12.8 Å². The fourth-order valence-electron chi connectivity index (χ4n) is 3.47. The van der Waals surface area contributed by atoms with Crippen LogP contribution in [0.1, 0.15) is 12.8 Å². The van der Waals surface area contributed by atoms with E-state index in [1.165, 1.54) is 41.8 Å². The Balaban J connectivity index is 1.48. The van der Waals surface area contributed by atoms with Gasteiger partial charge in [0.2, 0.25) is 17.7 Å². The first-order valence-corrected chi connectivity index (χ1v) is 9.80. The van der Waals surface area contributed by atoms with Crippen molar-refractivity contribution >= 4 is 34.4 Å². The summed E-state index contributed by atoms with van der Waals surface area (Å²) in [6.07, 6.45) is 3.61.